The summed E-state index contributed by atoms with van der Waals surface area (Å²) in [5.41, 5.74) is 0.469. The average molecular weight is 291 g/mol. The number of nitrogens with one attached hydrogen (secondary N) is 2. The van der Waals surface area contributed by atoms with E-state index in [1.54, 1.807) is 12.1 Å². The van der Waals surface area contributed by atoms with Gasteiger partial charge < -0.3 is 15.4 Å². The number of rotatable bonds is 3. The number of methoxy groups -OCH3 is 1. The Kier molecular flexibility index (Phi) is 5.54. The first kappa shape index (κ1) is 15.3. The molecule has 21 heavy (non-hydrogen) atoms. The third-order valence-corrected chi connectivity index (χ3v) is 3.60. The molecule has 1 fully saturated rings. The van der Waals surface area contributed by atoms with E-state index in [0.717, 1.165) is 25.7 Å². The topological polar surface area (TPSA) is 80.3 Å². The molecule has 0 unspecified atom stereocenters. The Labute approximate surface area is 124 Å². The van der Waals surface area contributed by atoms with Gasteiger partial charge in [-0.1, -0.05) is 25.7 Å². The number of carbonyl (C=O) groups excluding carboxylic acids is 2. The highest BCUT2D eigenvalue weighted by Crippen LogP contribution is 2.17. The van der Waals surface area contributed by atoms with Gasteiger partial charge in [0.1, 0.15) is 0 Å². The second-order valence-corrected chi connectivity index (χ2v) is 5.21. The molecule has 1 heterocycles. The Bertz CT molecular complexity index is 479. The molecule has 1 aliphatic carbocycles. The van der Waals surface area contributed by atoms with Gasteiger partial charge in [-0.15, -0.1) is 0 Å². The molecule has 0 saturated heterocycles. The minimum absolute atomic E-state index is 0.111. The molecule has 0 atom stereocenters. The summed E-state index contributed by atoms with van der Waals surface area (Å²) in [6.45, 7) is 0. The Hall–Kier alpha value is -2.11. The van der Waals surface area contributed by atoms with Gasteiger partial charge in [0, 0.05) is 12.1 Å². The predicted molar refractivity (Wildman–Crippen MR) is 79.1 cm³/mol. The smallest absolute Gasteiger partial charge is 0.313 e. The highest BCUT2D eigenvalue weighted by molar-refractivity contribution is 6.39. The van der Waals surface area contributed by atoms with E-state index in [1.165, 1.54) is 26.1 Å². The zero-order valence-electron chi connectivity index (χ0n) is 12.2. The third-order valence-electron chi connectivity index (χ3n) is 3.60. The van der Waals surface area contributed by atoms with E-state index < -0.39 is 11.8 Å². The molecule has 6 heteroatoms. The quantitative estimate of drug-likeness (QED) is 0.658. The Morgan fingerprint density at radius 1 is 1.14 bits per heavy atom. The average Bonchev–Trinajstić information content (AvgIpc) is 2.76. The van der Waals surface area contributed by atoms with Crippen LogP contribution >= 0.6 is 0 Å². The van der Waals surface area contributed by atoms with Crippen LogP contribution in [0.3, 0.4) is 0 Å². The normalized spacial score (nSPS) is 15.9. The Morgan fingerprint density at radius 3 is 2.43 bits per heavy atom. The van der Waals surface area contributed by atoms with Gasteiger partial charge >= 0.3 is 11.8 Å². The molecule has 0 radical (unpaired) electrons. The van der Waals surface area contributed by atoms with Crippen LogP contribution in [0.15, 0.2) is 18.3 Å². The zero-order chi connectivity index (χ0) is 15.1. The van der Waals surface area contributed by atoms with Crippen molar-refractivity contribution in [3.8, 4) is 5.88 Å². The number of aromatic nitrogens is 1. The summed E-state index contributed by atoms with van der Waals surface area (Å²) in [7, 11) is 1.51. The molecule has 114 valence electrons. The lowest BCUT2D eigenvalue weighted by atomic mass is 10.1. The van der Waals surface area contributed by atoms with Crippen LogP contribution in [0.4, 0.5) is 5.69 Å². The van der Waals surface area contributed by atoms with E-state index in [9.17, 15) is 9.59 Å². The van der Waals surface area contributed by atoms with Crippen molar-refractivity contribution in [2.75, 3.05) is 12.4 Å². The van der Waals surface area contributed by atoms with Crippen LogP contribution in [0.1, 0.15) is 38.5 Å². The highest BCUT2D eigenvalue weighted by atomic mass is 16.5. The number of nitrogens with zero attached hydrogens (tertiary/aromatic N) is 1. The summed E-state index contributed by atoms with van der Waals surface area (Å²) < 4.78 is 4.93. The summed E-state index contributed by atoms with van der Waals surface area (Å²) >= 11 is 0. The van der Waals surface area contributed by atoms with Crippen LogP contribution in [0.2, 0.25) is 0 Å². The molecule has 2 rings (SSSR count). The van der Waals surface area contributed by atoms with E-state index in [1.807, 2.05) is 0 Å². The van der Waals surface area contributed by atoms with Gasteiger partial charge in [0.05, 0.1) is 19.0 Å². The van der Waals surface area contributed by atoms with E-state index >= 15 is 0 Å². The highest BCUT2D eigenvalue weighted by Gasteiger charge is 2.19. The van der Waals surface area contributed by atoms with Gasteiger partial charge in [0.15, 0.2) is 0 Å². The molecule has 1 aromatic heterocycles. The maximum atomic E-state index is 11.9. The Morgan fingerprint density at radius 2 is 1.86 bits per heavy atom. The molecule has 0 bridgehead atoms. The Balaban J connectivity index is 1.84. The van der Waals surface area contributed by atoms with E-state index in [4.69, 9.17) is 4.74 Å². The summed E-state index contributed by atoms with van der Waals surface area (Å²) in [6, 6.07) is 3.38. The fraction of sp³-hybridized carbons (Fsp3) is 0.533. The SMILES string of the molecule is COc1ccc(NC(=O)C(=O)NC2CCCCCC2)cn1. The van der Waals surface area contributed by atoms with Crippen LogP contribution in [0.5, 0.6) is 5.88 Å². The maximum absolute atomic E-state index is 11.9. The lowest BCUT2D eigenvalue weighted by molar-refractivity contribution is -0.136. The predicted octanol–water partition coefficient (Wildman–Crippen LogP) is 1.87. The molecule has 1 saturated carbocycles. The van der Waals surface area contributed by atoms with Crippen molar-refractivity contribution >= 4 is 17.5 Å². The summed E-state index contributed by atoms with van der Waals surface area (Å²) in [6.07, 6.45) is 7.97. The second kappa shape index (κ2) is 7.61. The summed E-state index contributed by atoms with van der Waals surface area (Å²) in [5.74, 6) is -0.792. The van der Waals surface area contributed by atoms with Crippen molar-refractivity contribution in [1.29, 1.82) is 0 Å². The van der Waals surface area contributed by atoms with E-state index in [2.05, 4.69) is 15.6 Å². The third kappa shape index (κ3) is 4.73. The molecule has 6 nitrogen and oxygen atoms in total. The molecular formula is C15H21N3O3. The summed E-state index contributed by atoms with van der Waals surface area (Å²) in [5, 5.41) is 5.33. The first-order valence-corrected chi connectivity index (χ1v) is 7.31. The summed E-state index contributed by atoms with van der Waals surface area (Å²) in [4.78, 5) is 27.7. The molecule has 0 aromatic carbocycles. The van der Waals surface area contributed by atoms with E-state index in [0.29, 0.717) is 11.6 Å². The largest absolute Gasteiger partial charge is 0.481 e. The lowest BCUT2D eigenvalue weighted by Crippen LogP contribution is -2.41. The van der Waals surface area contributed by atoms with E-state index in [-0.39, 0.29) is 6.04 Å². The molecule has 0 spiro atoms. The fourth-order valence-corrected chi connectivity index (χ4v) is 2.44. The zero-order valence-corrected chi connectivity index (χ0v) is 12.2. The number of anilines is 1. The molecule has 1 aromatic rings. The van der Waals surface area contributed by atoms with Crippen LogP contribution in [-0.2, 0) is 9.59 Å². The monoisotopic (exact) mass is 291 g/mol. The van der Waals surface area contributed by atoms with Crippen LogP contribution in [-0.4, -0.2) is 29.9 Å². The number of pyridine rings is 1. The molecule has 2 amide bonds. The van der Waals surface area contributed by atoms with Crippen molar-refractivity contribution < 1.29 is 14.3 Å². The minimum atomic E-state index is -0.661. The van der Waals surface area contributed by atoms with Gasteiger partial charge in [-0.25, -0.2) is 4.98 Å². The van der Waals surface area contributed by atoms with Crippen LogP contribution < -0.4 is 15.4 Å². The van der Waals surface area contributed by atoms with Gasteiger partial charge in [-0.05, 0) is 18.9 Å². The first-order chi connectivity index (χ1) is 10.2. The number of ether oxygens (including phenoxy) is 1. The fourth-order valence-electron chi connectivity index (χ4n) is 2.44. The molecule has 2 N–H and O–H groups in total. The van der Waals surface area contributed by atoms with Crippen molar-refractivity contribution in [3.63, 3.8) is 0 Å². The van der Waals surface area contributed by atoms with Crippen LogP contribution in [0.25, 0.3) is 0 Å². The van der Waals surface area contributed by atoms with Gasteiger partial charge in [0.25, 0.3) is 0 Å². The number of hydrogen-bond acceptors (Lipinski definition) is 4. The van der Waals surface area contributed by atoms with Crippen molar-refractivity contribution in [3.05, 3.63) is 18.3 Å². The number of amides is 2. The van der Waals surface area contributed by atoms with Crippen molar-refractivity contribution in [2.45, 2.75) is 44.6 Å². The van der Waals surface area contributed by atoms with Gasteiger partial charge in [-0.2, -0.15) is 0 Å². The molecule has 0 aliphatic heterocycles. The first-order valence-electron chi connectivity index (χ1n) is 7.31. The molecular weight excluding hydrogens is 270 g/mol. The second-order valence-electron chi connectivity index (χ2n) is 5.21. The molecule has 1 aliphatic rings. The van der Waals surface area contributed by atoms with Gasteiger partial charge in [0.2, 0.25) is 5.88 Å². The van der Waals surface area contributed by atoms with Crippen molar-refractivity contribution in [1.82, 2.24) is 10.3 Å². The minimum Gasteiger partial charge on any atom is -0.481 e. The number of carbonyl (C=O) groups is 2. The van der Waals surface area contributed by atoms with Crippen molar-refractivity contribution in [2.24, 2.45) is 0 Å². The number of hydrogen-bond donors (Lipinski definition) is 2. The lowest BCUT2D eigenvalue weighted by Gasteiger charge is -2.15. The van der Waals surface area contributed by atoms with Gasteiger partial charge in [-0.3, -0.25) is 9.59 Å². The standard InChI is InChI=1S/C15H21N3O3/c1-21-13-9-8-12(10-16-13)18-15(20)14(19)17-11-6-4-2-3-5-7-11/h8-11H,2-7H2,1H3,(H,17,19)(H,18,20). The van der Waals surface area contributed by atoms with Crippen LogP contribution in [0, 0.1) is 0 Å². The maximum Gasteiger partial charge on any atom is 0.313 e.